The van der Waals surface area contributed by atoms with Crippen LogP contribution in [0, 0.1) is 0 Å². The number of esters is 1. The van der Waals surface area contributed by atoms with E-state index in [2.05, 4.69) is 11.9 Å². The molecule has 0 N–H and O–H groups in total. The first-order chi connectivity index (χ1) is 11.8. The molecule has 1 heterocycles. The third-order valence-corrected chi connectivity index (χ3v) is 4.87. The fourth-order valence-electron chi connectivity index (χ4n) is 3.48. The van der Waals surface area contributed by atoms with E-state index >= 15 is 0 Å². The lowest BCUT2D eigenvalue weighted by molar-refractivity contribution is -0.144. The van der Waals surface area contributed by atoms with Gasteiger partial charge >= 0.3 is 5.97 Å². The highest BCUT2D eigenvalue weighted by atomic mass is 16.5. The molecule has 3 nitrogen and oxygen atoms in total. The van der Waals surface area contributed by atoms with Crippen molar-refractivity contribution < 1.29 is 9.53 Å². The van der Waals surface area contributed by atoms with Crippen molar-refractivity contribution in [1.82, 2.24) is 4.90 Å². The van der Waals surface area contributed by atoms with Gasteiger partial charge < -0.3 is 9.64 Å². The minimum atomic E-state index is -0.353. The van der Waals surface area contributed by atoms with Crippen LogP contribution in [0.15, 0.2) is 60.7 Å². The number of carbonyl (C=O) groups excluding carboxylic acids is 1. The zero-order chi connectivity index (χ0) is 16.8. The van der Waals surface area contributed by atoms with Crippen molar-refractivity contribution in [3.05, 3.63) is 71.8 Å². The van der Waals surface area contributed by atoms with Crippen LogP contribution in [0.1, 0.15) is 36.3 Å². The maximum Gasteiger partial charge on any atom is 0.317 e. The van der Waals surface area contributed by atoms with Gasteiger partial charge in [-0.1, -0.05) is 60.7 Å². The Kier molecular flexibility index (Phi) is 5.65. The topological polar surface area (TPSA) is 29.5 Å². The van der Waals surface area contributed by atoms with Gasteiger partial charge in [0, 0.05) is 6.04 Å². The zero-order valence-corrected chi connectivity index (χ0v) is 14.2. The number of rotatable bonds is 6. The first-order valence-corrected chi connectivity index (χ1v) is 8.72. The fourth-order valence-corrected chi connectivity index (χ4v) is 3.48. The summed E-state index contributed by atoms with van der Waals surface area (Å²) < 4.78 is 5.66. The van der Waals surface area contributed by atoms with Gasteiger partial charge in [0.05, 0.1) is 6.61 Å². The average molecular weight is 323 g/mol. The molecule has 1 aliphatic heterocycles. The number of nitrogens with zero attached hydrogens (tertiary/aromatic N) is 1. The summed E-state index contributed by atoms with van der Waals surface area (Å²) in [6.45, 7) is 1.64. The van der Waals surface area contributed by atoms with Crippen molar-refractivity contribution in [3.8, 4) is 0 Å². The van der Waals surface area contributed by atoms with Crippen molar-refractivity contribution in [3.63, 3.8) is 0 Å². The van der Waals surface area contributed by atoms with Gasteiger partial charge in [0.25, 0.3) is 0 Å². The maximum absolute atomic E-state index is 12.8. The van der Waals surface area contributed by atoms with Gasteiger partial charge in [-0.05, 0) is 44.0 Å². The lowest BCUT2D eigenvalue weighted by Gasteiger charge is -2.21. The van der Waals surface area contributed by atoms with Crippen molar-refractivity contribution in [1.29, 1.82) is 0 Å². The Morgan fingerprint density at radius 3 is 2.17 bits per heavy atom. The Labute approximate surface area is 144 Å². The van der Waals surface area contributed by atoms with Crippen molar-refractivity contribution >= 4 is 5.97 Å². The summed E-state index contributed by atoms with van der Waals surface area (Å²) in [4.78, 5) is 15.1. The standard InChI is InChI=1S/C21H25NO2/c1-22-15-8-13-19(22)14-16-24-21(23)20(17-9-4-2-5-10-17)18-11-6-3-7-12-18/h2-7,9-12,19-20H,8,13-16H2,1H3. The molecule has 2 aromatic rings. The second-order valence-corrected chi connectivity index (χ2v) is 6.49. The van der Waals surface area contributed by atoms with Crippen molar-refractivity contribution in [2.24, 2.45) is 0 Å². The number of carbonyl (C=O) groups is 1. The van der Waals surface area contributed by atoms with Gasteiger partial charge in [0.15, 0.2) is 0 Å². The summed E-state index contributed by atoms with van der Waals surface area (Å²) in [5.74, 6) is -0.512. The van der Waals surface area contributed by atoms with Crippen molar-refractivity contribution in [2.75, 3.05) is 20.2 Å². The Bertz CT molecular complexity index is 602. The molecular formula is C21H25NO2. The molecule has 0 aromatic heterocycles. The molecule has 1 fully saturated rings. The largest absolute Gasteiger partial charge is 0.465 e. The molecule has 3 heteroatoms. The Morgan fingerprint density at radius 1 is 1.08 bits per heavy atom. The Morgan fingerprint density at radius 2 is 1.67 bits per heavy atom. The highest BCUT2D eigenvalue weighted by molar-refractivity contribution is 5.82. The molecule has 2 aromatic carbocycles. The van der Waals surface area contributed by atoms with E-state index in [1.807, 2.05) is 60.7 Å². The van der Waals surface area contributed by atoms with Gasteiger partial charge in [0.1, 0.15) is 5.92 Å². The summed E-state index contributed by atoms with van der Waals surface area (Å²) >= 11 is 0. The molecule has 0 spiro atoms. The van der Waals surface area contributed by atoms with Gasteiger partial charge in [0.2, 0.25) is 0 Å². The molecule has 1 atom stereocenters. The van der Waals surface area contributed by atoms with E-state index in [0.717, 1.165) is 24.1 Å². The predicted octanol–water partition coefficient (Wildman–Crippen LogP) is 3.85. The van der Waals surface area contributed by atoms with Gasteiger partial charge in [-0.2, -0.15) is 0 Å². The molecule has 0 amide bonds. The van der Waals surface area contributed by atoms with Crippen LogP contribution in [0.2, 0.25) is 0 Å². The number of likely N-dealkylation sites (tertiary alicyclic amines) is 1. The number of hydrogen-bond acceptors (Lipinski definition) is 3. The number of ether oxygens (including phenoxy) is 1. The first kappa shape index (κ1) is 16.7. The lowest BCUT2D eigenvalue weighted by Crippen LogP contribution is -2.27. The summed E-state index contributed by atoms with van der Waals surface area (Å²) in [7, 11) is 2.15. The van der Waals surface area contributed by atoms with E-state index < -0.39 is 0 Å². The fraction of sp³-hybridized carbons (Fsp3) is 0.381. The molecule has 1 aliphatic rings. The van der Waals surface area contributed by atoms with Crippen LogP contribution in [-0.4, -0.2) is 37.1 Å². The number of benzene rings is 2. The normalized spacial score (nSPS) is 18.0. The first-order valence-electron chi connectivity index (χ1n) is 8.72. The SMILES string of the molecule is CN1CCCC1CCOC(=O)C(c1ccccc1)c1ccccc1. The van der Waals surface area contributed by atoms with E-state index in [9.17, 15) is 4.79 Å². The minimum absolute atomic E-state index is 0.159. The highest BCUT2D eigenvalue weighted by Gasteiger charge is 2.25. The van der Waals surface area contributed by atoms with Crippen LogP contribution in [0.25, 0.3) is 0 Å². The molecule has 126 valence electrons. The molecule has 1 unspecified atom stereocenters. The molecule has 0 saturated carbocycles. The van der Waals surface area contributed by atoms with Gasteiger partial charge in [-0.3, -0.25) is 4.79 Å². The maximum atomic E-state index is 12.8. The van der Waals surface area contributed by atoms with E-state index in [4.69, 9.17) is 4.74 Å². The molecule has 1 saturated heterocycles. The highest BCUT2D eigenvalue weighted by Crippen LogP contribution is 2.26. The molecule has 24 heavy (non-hydrogen) atoms. The van der Waals surface area contributed by atoms with Crippen LogP contribution >= 0.6 is 0 Å². The Balaban J connectivity index is 1.68. The van der Waals surface area contributed by atoms with Crippen LogP contribution in [-0.2, 0) is 9.53 Å². The van der Waals surface area contributed by atoms with E-state index in [0.29, 0.717) is 12.6 Å². The van der Waals surface area contributed by atoms with Crippen LogP contribution < -0.4 is 0 Å². The quantitative estimate of drug-likeness (QED) is 0.756. The molecule has 3 rings (SSSR count). The molecule has 0 bridgehead atoms. The van der Waals surface area contributed by atoms with Gasteiger partial charge in [-0.25, -0.2) is 0 Å². The lowest BCUT2D eigenvalue weighted by atomic mass is 9.91. The summed E-state index contributed by atoms with van der Waals surface area (Å²) in [5.41, 5.74) is 1.96. The minimum Gasteiger partial charge on any atom is -0.465 e. The average Bonchev–Trinajstić information content (AvgIpc) is 3.02. The molecular weight excluding hydrogens is 298 g/mol. The smallest absolute Gasteiger partial charge is 0.317 e. The monoisotopic (exact) mass is 323 g/mol. The Hall–Kier alpha value is -2.13. The zero-order valence-electron chi connectivity index (χ0n) is 14.2. The van der Waals surface area contributed by atoms with Crippen LogP contribution in [0.5, 0.6) is 0 Å². The van der Waals surface area contributed by atoms with E-state index in [-0.39, 0.29) is 11.9 Å². The summed E-state index contributed by atoms with van der Waals surface area (Å²) in [6.07, 6.45) is 3.36. The third-order valence-electron chi connectivity index (χ3n) is 4.87. The predicted molar refractivity (Wildman–Crippen MR) is 96.0 cm³/mol. The van der Waals surface area contributed by atoms with E-state index in [1.165, 1.54) is 12.8 Å². The third kappa shape index (κ3) is 4.04. The van der Waals surface area contributed by atoms with Crippen molar-refractivity contribution in [2.45, 2.75) is 31.2 Å². The summed E-state index contributed by atoms with van der Waals surface area (Å²) in [6, 6.07) is 20.3. The van der Waals surface area contributed by atoms with E-state index in [1.54, 1.807) is 0 Å². The second kappa shape index (κ2) is 8.11. The summed E-state index contributed by atoms with van der Waals surface area (Å²) in [5, 5.41) is 0. The molecule has 0 radical (unpaired) electrons. The number of hydrogen-bond donors (Lipinski definition) is 0. The molecule has 0 aliphatic carbocycles. The van der Waals surface area contributed by atoms with Gasteiger partial charge in [-0.15, -0.1) is 0 Å². The van der Waals surface area contributed by atoms with Crippen LogP contribution in [0.4, 0.5) is 0 Å². The van der Waals surface area contributed by atoms with Crippen LogP contribution in [0.3, 0.4) is 0 Å². The second-order valence-electron chi connectivity index (χ2n) is 6.49.